The van der Waals surface area contributed by atoms with Crippen LogP contribution in [0.5, 0.6) is 0 Å². The van der Waals surface area contributed by atoms with Crippen LogP contribution in [0.25, 0.3) is 0 Å². The Balaban J connectivity index is 5.63. The molecule has 0 aliphatic heterocycles. The van der Waals surface area contributed by atoms with Gasteiger partial charge in [-0.05, 0) is 102 Å². The van der Waals surface area contributed by atoms with Crippen molar-refractivity contribution in [3.63, 3.8) is 0 Å². The summed E-state index contributed by atoms with van der Waals surface area (Å²) in [7, 11) is 0. The topological polar surface area (TPSA) is 64.6 Å². The monoisotopic (exact) mass is 1090 g/mol. The van der Waals surface area contributed by atoms with Gasteiger partial charge in [0.25, 0.3) is 0 Å². The minimum atomic E-state index is -0.440. The highest BCUT2D eigenvalue weighted by Crippen LogP contribution is 2.19. The Kier molecular flexibility index (Phi) is 67.0. The molecule has 0 fully saturated rings. The van der Waals surface area contributed by atoms with Gasteiger partial charge in [-0.1, -0.05) is 285 Å². The molecule has 0 aromatic heterocycles. The van der Waals surface area contributed by atoms with Crippen LogP contribution < -0.4 is 0 Å². The standard InChI is InChI=1S/C70H138O7/c1-7-13-19-25-31-41-51-61-71-67(72-62-52-42-32-26-20-14-8-2)57-47-37-39-49-59-69(75-65-55-45-35-29-23-17-11-5)77-70(76-66-56-46-36-30-24-18-12-6)60-50-40-38-48-58-68(73-63-53-43-33-27-21-15-9-3)74-64-54-44-34-28-22-16-10-4/h49-50,59-60,67-70H,7-48,51-58,61-66H2,1-6H3. The van der Waals surface area contributed by atoms with Gasteiger partial charge in [0.05, 0.1) is 13.2 Å². The Morgan fingerprint density at radius 3 is 0.662 bits per heavy atom. The first-order valence-corrected chi connectivity index (χ1v) is 34.8. The van der Waals surface area contributed by atoms with Crippen LogP contribution in [-0.4, -0.2) is 64.8 Å². The van der Waals surface area contributed by atoms with Gasteiger partial charge in [-0.25, -0.2) is 0 Å². The first kappa shape index (κ1) is 76.2. The molecule has 0 saturated carbocycles. The van der Waals surface area contributed by atoms with Gasteiger partial charge >= 0.3 is 0 Å². The van der Waals surface area contributed by atoms with Crippen molar-refractivity contribution < 1.29 is 33.2 Å². The van der Waals surface area contributed by atoms with Crippen molar-refractivity contribution in [3.8, 4) is 0 Å². The third-order valence-electron chi connectivity index (χ3n) is 15.2. The predicted octanol–water partition coefficient (Wildman–Crippen LogP) is 23.1. The molecule has 2 unspecified atom stereocenters. The van der Waals surface area contributed by atoms with E-state index in [0.717, 1.165) is 116 Å². The Hall–Kier alpha value is -0.800. The fourth-order valence-electron chi connectivity index (χ4n) is 10.0. The van der Waals surface area contributed by atoms with E-state index in [2.05, 4.69) is 65.8 Å². The summed E-state index contributed by atoms with van der Waals surface area (Å²) in [4.78, 5) is 0. The summed E-state index contributed by atoms with van der Waals surface area (Å²) in [6.45, 7) is 18.4. The average Bonchev–Trinajstić information content (AvgIpc) is 3.43. The van der Waals surface area contributed by atoms with Crippen LogP contribution in [0.1, 0.15) is 363 Å². The second-order valence-corrected chi connectivity index (χ2v) is 23.1. The van der Waals surface area contributed by atoms with E-state index in [1.807, 2.05) is 0 Å². The number of rotatable bonds is 68. The Morgan fingerprint density at radius 1 is 0.221 bits per heavy atom. The Bertz CT molecular complexity index is 991. The number of unbranched alkanes of at least 4 members (excludes halogenated alkanes) is 40. The molecule has 7 heteroatoms. The lowest BCUT2D eigenvalue weighted by molar-refractivity contribution is -0.208. The zero-order chi connectivity index (χ0) is 55.7. The van der Waals surface area contributed by atoms with E-state index in [1.165, 1.54) is 231 Å². The summed E-state index contributed by atoms with van der Waals surface area (Å²) >= 11 is 0. The summed E-state index contributed by atoms with van der Waals surface area (Å²) in [6.07, 6.45) is 70.1. The molecule has 0 amide bonds. The second-order valence-electron chi connectivity index (χ2n) is 23.1. The molecule has 0 radical (unpaired) electrons. The maximum Gasteiger partial charge on any atom is 0.180 e. The molecule has 0 spiro atoms. The van der Waals surface area contributed by atoms with Crippen LogP contribution in [0, 0.1) is 0 Å². The quantitative estimate of drug-likeness (QED) is 0.0342. The van der Waals surface area contributed by atoms with Gasteiger partial charge in [0, 0.05) is 26.4 Å². The van der Waals surface area contributed by atoms with Crippen molar-refractivity contribution in [1.29, 1.82) is 0 Å². The van der Waals surface area contributed by atoms with E-state index in [-0.39, 0.29) is 12.6 Å². The van der Waals surface area contributed by atoms with Crippen molar-refractivity contribution in [2.45, 2.75) is 388 Å². The summed E-state index contributed by atoms with van der Waals surface area (Å²) in [6, 6.07) is 0. The molecule has 0 aliphatic carbocycles. The Morgan fingerprint density at radius 2 is 0.429 bits per heavy atom. The minimum absolute atomic E-state index is 0.0934. The molecule has 0 rings (SSSR count). The van der Waals surface area contributed by atoms with Crippen LogP contribution >= 0.6 is 0 Å². The van der Waals surface area contributed by atoms with Gasteiger partial charge in [0.1, 0.15) is 0 Å². The van der Waals surface area contributed by atoms with Crippen LogP contribution in [0.2, 0.25) is 0 Å². The maximum absolute atomic E-state index is 6.73. The highest BCUT2D eigenvalue weighted by atomic mass is 16.8. The van der Waals surface area contributed by atoms with Crippen molar-refractivity contribution >= 4 is 0 Å². The zero-order valence-corrected chi connectivity index (χ0v) is 53.1. The average molecular weight is 1090 g/mol. The van der Waals surface area contributed by atoms with E-state index in [0.29, 0.717) is 13.2 Å². The second kappa shape index (κ2) is 67.7. The van der Waals surface area contributed by atoms with E-state index in [1.54, 1.807) is 0 Å². The van der Waals surface area contributed by atoms with Gasteiger partial charge in [-0.2, -0.15) is 0 Å². The summed E-state index contributed by atoms with van der Waals surface area (Å²) in [5.74, 6) is 0. The lowest BCUT2D eigenvalue weighted by Gasteiger charge is -2.22. The molecule has 0 aromatic rings. The normalized spacial score (nSPS) is 13.0. The SMILES string of the molecule is CCCCCCCCCOC(C=CCCCCC(OCCCCCCCCC)OCCCCCCCCC)OC(C=CCCCCC(OCCCCCCCCC)OCCCCCCCCC)OCCCCCCCCC. The van der Waals surface area contributed by atoms with Crippen LogP contribution in [0.3, 0.4) is 0 Å². The fraction of sp³-hybridized carbons (Fsp3) is 0.943. The molecule has 460 valence electrons. The molecular weight excluding hydrogens is 953 g/mol. The molecule has 2 atom stereocenters. The maximum atomic E-state index is 6.73. The largest absolute Gasteiger partial charge is 0.353 e. The molecule has 0 aliphatic rings. The summed E-state index contributed by atoms with van der Waals surface area (Å²) in [5.41, 5.74) is 0. The van der Waals surface area contributed by atoms with Crippen molar-refractivity contribution in [2.75, 3.05) is 39.6 Å². The Labute approximate surface area is 482 Å². The number of hydrogen-bond acceptors (Lipinski definition) is 7. The smallest absolute Gasteiger partial charge is 0.180 e. The van der Waals surface area contributed by atoms with E-state index in [9.17, 15) is 0 Å². The van der Waals surface area contributed by atoms with Crippen molar-refractivity contribution in [1.82, 2.24) is 0 Å². The molecule has 0 saturated heterocycles. The fourth-order valence-corrected chi connectivity index (χ4v) is 10.0. The van der Waals surface area contributed by atoms with Gasteiger partial charge in [0.2, 0.25) is 0 Å². The highest BCUT2D eigenvalue weighted by Gasteiger charge is 2.15. The summed E-state index contributed by atoms with van der Waals surface area (Å²) < 4.78 is 45.4. The van der Waals surface area contributed by atoms with E-state index >= 15 is 0 Å². The molecule has 7 nitrogen and oxygen atoms in total. The third-order valence-corrected chi connectivity index (χ3v) is 15.2. The number of allylic oxidation sites excluding steroid dienone is 2. The van der Waals surface area contributed by atoms with E-state index < -0.39 is 12.6 Å². The van der Waals surface area contributed by atoms with Crippen LogP contribution in [-0.2, 0) is 33.2 Å². The number of hydrogen-bond donors (Lipinski definition) is 0. The van der Waals surface area contributed by atoms with Crippen LogP contribution in [0.4, 0.5) is 0 Å². The first-order chi connectivity index (χ1) is 38.1. The van der Waals surface area contributed by atoms with E-state index in [4.69, 9.17) is 33.2 Å². The lowest BCUT2D eigenvalue weighted by Crippen LogP contribution is -2.25. The molecule has 0 aromatic carbocycles. The van der Waals surface area contributed by atoms with Gasteiger partial charge < -0.3 is 33.2 Å². The summed E-state index contributed by atoms with van der Waals surface area (Å²) in [5, 5.41) is 0. The first-order valence-electron chi connectivity index (χ1n) is 34.8. The van der Waals surface area contributed by atoms with Crippen LogP contribution in [0.15, 0.2) is 24.3 Å². The van der Waals surface area contributed by atoms with Crippen molar-refractivity contribution in [2.24, 2.45) is 0 Å². The zero-order valence-electron chi connectivity index (χ0n) is 53.1. The lowest BCUT2D eigenvalue weighted by atomic mass is 10.1. The molecule has 77 heavy (non-hydrogen) atoms. The van der Waals surface area contributed by atoms with Crippen molar-refractivity contribution in [3.05, 3.63) is 24.3 Å². The molecule has 0 heterocycles. The molecule has 0 N–H and O–H groups in total. The highest BCUT2D eigenvalue weighted by molar-refractivity contribution is 4.90. The minimum Gasteiger partial charge on any atom is -0.353 e. The third kappa shape index (κ3) is 61.1. The van der Waals surface area contributed by atoms with Gasteiger partial charge in [0.15, 0.2) is 25.2 Å². The molecule has 0 bridgehead atoms. The predicted molar refractivity (Wildman–Crippen MR) is 335 cm³/mol. The van der Waals surface area contributed by atoms with Gasteiger partial charge in [-0.3, -0.25) is 0 Å². The van der Waals surface area contributed by atoms with Gasteiger partial charge in [-0.15, -0.1) is 0 Å². The molecular formula is C70H138O7. The number of ether oxygens (including phenoxy) is 7.